The highest BCUT2D eigenvalue weighted by atomic mass is 16.2. The van der Waals surface area contributed by atoms with Crippen LogP contribution < -0.4 is 11.1 Å². The van der Waals surface area contributed by atoms with Crippen LogP contribution in [0.4, 0.5) is 5.69 Å². The molecule has 1 aromatic carbocycles. The second-order valence-electron chi connectivity index (χ2n) is 5.75. The fourth-order valence-corrected chi connectivity index (χ4v) is 2.73. The number of hydrogen-bond donors (Lipinski definition) is 2. The largest absolute Gasteiger partial charge is 0.332 e. The highest BCUT2D eigenvalue weighted by Gasteiger charge is 2.25. The van der Waals surface area contributed by atoms with Gasteiger partial charge in [0.05, 0.1) is 0 Å². The smallest absolute Gasteiger partial charge is 0.313 e. The Morgan fingerprint density at radius 1 is 1.09 bits per heavy atom. The number of hydrogen-bond acceptors (Lipinski definition) is 4. The standard InChI is InChI=1S/C16H24N4O2/c1-12-9-13(2)11-14(10-12)18-15(21)16(22)20-7-5-19(4-3-17)6-8-20/h9-11H,3-8,17H2,1-2H3,(H,18,21). The van der Waals surface area contributed by atoms with Crippen molar-refractivity contribution in [2.75, 3.05) is 44.6 Å². The van der Waals surface area contributed by atoms with Gasteiger partial charge in [-0.05, 0) is 37.1 Å². The van der Waals surface area contributed by atoms with Gasteiger partial charge in [0.1, 0.15) is 0 Å². The van der Waals surface area contributed by atoms with Gasteiger partial charge in [-0.15, -0.1) is 0 Å². The molecule has 0 aliphatic carbocycles. The van der Waals surface area contributed by atoms with Gasteiger partial charge >= 0.3 is 11.8 Å². The second kappa shape index (κ2) is 7.38. The van der Waals surface area contributed by atoms with Crippen LogP contribution >= 0.6 is 0 Å². The number of rotatable bonds is 3. The third-order valence-electron chi connectivity index (χ3n) is 3.78. The van der Waals surface area contributed by atoms with Crippen molar-refractivity contribution in [2.45, 2.75) is 13.8 Å². The molecule has 0 unspecified atom stereocenters. The van der Waals surface area contributed by atoms with Crippen LogP contribution in [0, 0.1) is 13.8 Å². The van der Waals surface area contributed by atoms with E-state index in [2.05, 4.69) is 10.2 Å². The molecule has 22 heavy (non-hydrogen) atoms. The zero-order chi connectivity index (χ0) is 16.1. The molecule has 1 aliphatic heterocycles. The number of nitrogens with two attached hydrogens (primary N) is 1. The zero-order valence-electron chi connectivity index (χ0n) is 13.3. The lowest BCUT2D eigenvalue weighted by Gasteiger charge is -2.34. The predicted octanol–water partition coefficient (Wildman–Crippen LogP) is 0.345. The number of amides is 2. The van der Waals surface area contributed by atoms with Crippen LogP contribution in [0.25, 0.3) is 0 Å². The predicted molar refractivity (Wildman–Crippen MR) is 86.6 cm³/mol. The zero-order valence-corrected chi connectivity index (χ0v) is 13.3. The molecule has 0 saturated carbocycles. The minimum Gasteiger partial charge on any atom is -0.332 e. The van der Waals surface area contributed by atoms with Crippen LogP contribution in [0.3, 0.4) is 0 Å². The lowest BCUT2D eigenvalue weighted by atomic mass is 10.1. The number of piperazine rings is 1. The maximum atomic E-state index is 12.2. The van der Waals surface area contributed by atoms with Gasteiger partial charge in [-0.25, -0.2) is 0 Å². The minimum absolute atomic E-state index is 0.466. The third-order valence-corrected chi connectivity index (χ3v) is 3.78. The van der Waals surface area contributed by atoms with E-state index in [1.807, 2.05) is 32.0 Å². The topological polar surface area (TPSA) is 78.7 Å². The monoisotopic (exact) mass is 304 g/mol. The molecule has 0 atom stereocenters. The maximum Gasteiger partial charge on any atom is 0.313 e. The number of benzene rings is 1. The first-order valence-corrected chi connectivity index (χ1v) is 7.60. The molecule has 6 heteroatoms. The first-order chi connectivity index (χ1) is 10.5. The molecule has 1 aliphatic rings. The van der Waals surface area contributed by atoms with E-state index < -0.39 is 11.8 Å². The van der Waals surface area contributed by atoms with Gasteiger partial charge < -0.3 is 16.0 Å². The van der Waals surface area contributed by atoms with Crippen LogP contribution in [0.1, 0.15) is 11.1 Å². The summed E-state index contributed by atoms with van der Waals surface area (Å²) in [6, 6.07) is 5.74. The van der Waals surface area contributed by atoms with Gasteiger partial charge in [0.15, 0.2) is 0 Å². The summed E-state index contributed by atoms with van der Waals surface area (Å²) in [7, 11) is 0. The highest BCUT2D eigenvalue weighted by Crippen LogP contribution is 2.14. The Morgan fingerprint density at radius 2 is 1.68 bits per heavy atom. The summed E-state index contributed by atoms with van der Waals surface area (Å²) in [5.41, 5.74) is 8.30. The summed E-state index contributed by atoms with van der Waals surface area (Å²) in [5, 5.41) is 2.69. The minimum atomic E-state index is -0.572. The molecule has 0 spiro atoms. The number of nitrogens with one attached hydrogen (secondary N) is 1. The van der Waals surface area contributed by atoms with Crippen molar-refractivity contribution < 1.29 is 9.59 Å². The van der Waals surface area contributed by atoms with Crippen LogP contribution in [0.15, 0.2) is 18.2 Å². The van der Waals surface area contributed by atoms with Crippen LogP contribution in [-0.4, -0.2) is 60.9 Å². The molecule has 1 heterocycles. The van der Waals surface area contributed by atoms with Crippen LogP contribution in [-0.2, 0) is 9.59 Å². The Hall–Kier alpha value is -1.92. The Labute approximate surface area is 131 Å². The molecule has 1 aromatic rings. The van der Waals surface area contributed by atoms with Gasteiger partial charge in [-0.3, -0.25) is 14.5 Å². The first-order valence-electron chi connectivity index (χ1n) is 7.60. The van der Waals surface area contributed by atoms with E-state index >= 15 is 0 Å². The van der Waals surface area contributed by atoms with E-state index in [4.69, 9.17) is 5.73 Å². The quantitative estimate of drug-likeness (QED) is 0.790. The van der Waals surface area contributed by atoms with Crippen molar-refractivity contribution in [1.29, 1.82) is 0 Å². The number of nitrogens with zero attached hydrogens (tertiary/aromatic N) is 2. The van der Waals surface area contributed by atoms with Crippen LogP contribution in [0.2, 0.25) is 0 Å². The molecule has 1 fully saturated rings. The number of anilines is 1. The summed E-state index contributed by atoms with van der Waals surface area (Å²) in [5.74, 6) is -1.04. The number of carbonyl (C=O) groups is 2. The summed E-state index contributed by atoms with van der Waals surface area (Å²) < 4.78 is 0. The van der Waals surface area contributed by atoms with Crippen molar-refractivity contribution in [3.8, 4) is 0 Å². The molecular weight excluding hydrogens is 280 g/mol. The van der Waals surface area contributed by atoms with Gasteiger partial charge in [0.25, 0.3) is 0 Å². The summed E-state index contributed by atoms with van der Waals surface area (Å²) in [6.07, 6.45) is 0. The lowest BCUT2D eigenvalue weighted by molar-refractivity contribution is -0.144. The van der Waals surface area contributed by atoms with Gasteiger partial charge in [-0.1, -0.05) is 6.07 Å². The van der Waals surface area contributed by atoms with E-state index in [0.717, 1.165) is 30.8 Å². The number of aryl methyl sites for hydroxylation is 2. The first kappa shape index (κ1) is 16.5. The van der Waals surface area contributed by atoms with Crippen LogP contribution in [0.5, 0.6) is 0 Å². The fraction of sp³-hybridized carbons (Fsp3) is 0.500. The Balaban J connectivity index is 1.91. The summed E-state index contributed by atoms with van der Waals surface area (Å²) in [6.45, 7) is 8.03. The second-order valence-corrected chi connectivity index (χ2v) is 5.75. The van der Waals surface area contributed by atoms with Crippen molar-refractivity contribution in [2.24, 2.45) is 5.73 Å². The molecule has 3 N–H and O–H groups in total. The molecule has 0 bridgehead atoms. The van der Waals surface area contributed by atoms with E-state index in [0.29, 0.717) is 25.3 Å². The SMILES string of the molecule is Cc1cc(C)cc(NC(=O)C(=O)N2CCN(CCN)CC2)c1. The normalized spacial score (nSPS) is 15.7. The molecule has 2 amide bonds. The molecular formula is C16H24N4O2. The van der Waals surface area contributed by atoms with Crippen molar-refractivity contribution >= 4 is 17.5 Å². The summed E-state index contributed by atoms with van der Waals surface area (Å²) >= 11 is 0. The molecule has 120 valence electrons. The molecule has 1 saturated heterocycles. The molecule has 0 aromatic heterocycles. The van der Waals surface area contributed by atoms with Gasteiger partial charge in [0.2, 0.25) is 0 Å². The maximum absolute atomic E-state index is 12.2. The Kier molecular flexibility index (Phi) is 5.51. The average Bonchev–Trinajstić information content (AvgIpc) is 2.46. The van der Waals surface area contributed by atoms with Crippen molar-refractivity contribution in [3.05, 3.63) is 29.3 Å². The molecule has 0 radical (unpaired) electrons. The van der Waals surface area contributed by atoms with Crippen molar-refractivity contribution in [3.63, 3.8) is 0 Å². The number of carbonyl (C=O) groups excluding carboxylic acids is 2. The third kappa shape index (κ3) is 4.29. The van der Waals surface area contributed by atoms with E-state index in [1.54, 1.807) is 4.90 Å². The molecule has 6 nitrogen and oxygen atoms in total. The highest BCUT2D eigenvalue weighted by molar-refractivity contribution is 6.39. The lowest BCUT2D eigenvalue weighted by Crippen LogP contribution is -2.52. The Morgan fingerprint density at radius 3 is 2.23 bits per heavy atom. The Bertz CT molecular complexity index is 531. The van der Waals surface area contributed by atoms with Gasteiger partial charge in [-0.2, -0.15) is 0 Å². The average molecular weight is 304 g/mol. The fourth-order valence-electron chi connectivity index (χ4n) is 2.73. The van der Waals surface area contributed by atoms with Gasteiger partial charge in [0, 0.05) is 45.0 Å². The summed E-state index contributed by atoms with van der Waals surface area (Å²) in [4.78, 5) is 28.1. The van der Waals surface area contributed by atoms with E-state index in [-0.39, 0.29) is 0 Å². The molecule has 2 rings (SSSR count). The van der Waals surface area contributed by atoms with E-state index in [9.17, 15) is 9.59 Å². The van der Waals surface area contributed by atoms with E-state index in [1.165, 1.54) is 0 Å². The van der Waals surface area contributed by atoms with Crippen molar-refractivity contribution in [1.82, 2.24) is 9.80 Å².